The van der Waals surface area contributed by atoms with Crippen LogP contribution in [0.3, 0.4) is 0 Å². The Labute approximate surface area is 115 Å². The Morgan fingerprint density at radius 3 is 2.79 bits per heavy atom. The van der Waals surface area contributed by atoms with Gasteiger partial charge in [0.25, 0.3) is 0 Å². The van der Waals surface area contributed by atoms with Gasteiger partial charge in [0.15, 0.2) is 0 Å². The summed E-state index contributed by atoms with van der Waals surface area (Å²) >= 11 is 0. The van der Waals surface area contributed by atoms with E-state index >= 15 is 0 Å². The van der Waals surface area contributed by atoms with Crippen LogP contribution in [0.15, 0.2) is 36.7 Å². The van der Waals surface area contributed by atoms with Crippen molar-refractivity contribution in [3.63, 3.8) is 0 Å². The molecule has 102 valence electrons. The van der Waals surface area contributed by atoms with Gasteiger partial charge in [-0.3, -0.25) is 4.98 Å². The van der Waals surface area contributed by atoms with Crippen molar-refractivity contribution in [3.05, 3.63) is 36.7 Å². The lowest BCUT2D eigenvalue weighted by Crippen LogP contribution is -2.34. The third kappa shape index (κ3) is 3.67. The first-order valence-electron chi connectivity index (χ1n) is 6.82. The number of nitrogens with one attached hydrogen (secondary N) is 1. The van der Waals surface area contributed by atoms with E-state index in [1.807, 2.05) is 18.5 Å². The monoisotopic (exact) mass is 257 g/mol. The van der Waals surface area contributed by atoms with Gasteiger partial charge >= 0.3 is 0 Å². The van der Waals surface area contributed by atoms with Crippen molar-refractivity contribution in [2.45, 2.75) is 32.7 Å². The van der Waals surface area contributed by atoms with E-state index in [1.54, 1.807) is 0 Å². The van der Waals surface area contributed by atoms with Gasteiger partial charge < -0.3 is 11.1 Å². The van der Waals surface area contributed by atoms with Crippen LogP contribution in [-0.2, 0) is 0 Å². The number of hydrogen-bond donors (Lipinski definition) is 2. The number of nitrogens with zero attached hydrogens (tertiary/aromatic N) is 1. The number of rotatable bonds is 5. The van der Waals surface area contributed by atoms with E-state index in [2.05, 4.69) is 49.3 Å². The second-order valence-corrected chi connectivity index (χ2v) is 5.99. The van der Waals surface area contributed by atoms with Crippen molar-refractivity contribution in [3.8, 4) is 0 Å². The predicted octanol–water partition coefficient (Wildman–Crippen LogP) is 3.41. The molecule has 0 spiro atoms. The van der Waals surface area contributed by atoms with Gasteiger partial charge in [-0.2, -0.15) is 0 Å². The van der Waals surface area contributed by atoms with Gasteiger partial charge in [-0.25, -0.2) is 0 Å². The van der Waals surface area contributed by atoms with E-state index in [0.717, 1.165) is 18.7 Å². The van der Waals surface area contributed by atoms with Crippen LogP contribution < -0.4 is 11.1 Å². The molecule has 0 aliphatic rings. The summed E-state index contributed by atoms with van der Waals surface area (Å²) in [7, 11) is 0. The Morgan fingerprint density at radius 1 is 1.26 bits per heavy atom. The summed E-state index contributed by atoms with van der Waals surface area (Å²) in [5, 5.41) is 5.98. The number of aromatic nitrogens is 1. The molecule has 1 heterocycles. The molecular formula is C16H23N3. The second kappa shape index (κ2) is 5.57. The number of hydrogen-bond acceptors (Lipinski definition) is 3. The minimum absolute atomic E-state index is 0.0412. The fourth-order valence-electron chi connectivity index (χ4n) is 2.56. The van der Waals surface area contributed by atoms with Gasteiger partial charge in [0.1, 0.15) is 0 Å². The van der Waals surface area contributed by atoms with Crippen LogP contribution in [0.4, 0.5) is 5.69 Å². The minimum Gasteiger partial charge on any atom is -0.380 e. The Hall–Kier alpha value is -1.61. The number of pyridine rings is 1. The van der Waals surface area contributed by atoms with Gasteiger partial charge in [0.2, 0.25) is 0 Å². The molecule has 1 unspecified atom stereocenters. The van der Waals surface area contributed by atoms with E-state index < -0.39 is 0 Å². The molecule has 1 aromatic heterocycles. The SMILES string of the molecule is CC(CN)CC(C)(C)Nc1ccc2cnccc2c1. The lowest BCUT2D eigenvalue weighted by molar-refractivity contribution is 0.412. The van der Waals surface area contributed by atoms with Crippen LogP contribution in [0.25, 0.3) is 10.8 Å². The van der Waals surface area contributed by atoms with Gasteiger partial charge in [-0.05, 0) is 56.3 Å². The van der Waals surface area contributed by atoms with E-state index in [0.29, 0.717) is 5.92 Å². The summed E-state index contributed by atoms with van der Waals surface area (Å²) in [5.41, 5.74) is 6.90. The highest BCUT2D eigenvalue weighted by Crippen LogP contribution is 2.24. The smallest absolute Gasteiger partial charge is 0.0350 e. The van der Waals surface area contributed by atoms with Gasteiger partial charge in [-0.15, -0.1) is 0 Å². The van der Waals surface area contributed by atoms with Crippen molar-refractivity contribution in [1.82, 2.24) is 4.98 Å². The maximum absolute atomic E-state index is 5.71. The Morgan fingerprint density at radius 2 is 2.05 bits per heavy atom. The average Bonchev–Trinajstić information content (AvgIpc) is 2.37. The van der Waals surface area contributed by atoms with Crippen molar-refractivity contribution in [1.29, 1.82) is 0 Å². The molecule has 0 bridgehead atoms. The first-order valence-corrected chi connectivity index (χ1v) is 6.82. The molecular weight excluding hydrogens is 234 g/mol. The molecule has 0 aliphatic heterocycles. The van der Waals surface area contributed by atoms with E-state index in [4.69, 9.17) is 5.73 Å². The largest absolute Gasteiger partial charge is 0.380 e. The van der Waals surface area contributed by atoms with Crippen LogP contribution >= 0.6 is 0 Å². The van der Waals surface area contributed by atoms with Gasteiger partial charge in [0, 0.05) is 29.0 Å². The molecule has 0 saturated heterocycles. The fourth-order valence-corrected chi connectivity index (χ4v) is 2.56. The van der Waals surface area contributed by atoms with Crippen LogP contribution in [0, 0.1) is 5.92 Å². The molecule has 3 N–H and O–H groups in total. The molecule has 0 amide bonds. The molecule has 1 aromatic carbocycles. The van der Waals surface area contributed by atoms with Crippen LogP contribution in [0.2, 0.25) is 0 Å². The highest BCUT2D eigenvalue weighted by Gasteiger charge is 2.20. The third-order valence-corrected chi connectivity index (χ3v) is 3.38. The standard InChI is InChI=1S/C16H23N3/c1-12(10-17)9-16(2,3)19-15-5-4-14-11-18-7-6-13(14)8-15/h4-8,11-12,19H,9-10,17H2,1-3H3. The Kier molecular flexibility index (Phi) is 4.05. The van der Waals surface area contributed by atoms with Crippen LogP contribution in [0.1, 0.15) is 27.2 Å². The fraction of sp³-hybridized carbons (Fsp3) is 0.438. The molecule has 2 aromatic rings. The molecule has 1 atom stereocenters. The summed E-state index contributed by atoms with van der Waals surface area (Å²) in [4.78, 5) is 4.13. The summed E-state index contributed by atoms with van der Waals surface area (Å²) in [6, 6.07) is 8.42. The summed E-state index contributed by atoms with van der Waals surface area (Å²) in [6.07, 6.45) is 4.77. The Balaban J connectivity index is 2.16. The first kappa shape index (κ1) is 13.8. The third-order valence-electron chi connectivity index (χ3n) is 3.38. The van der Waals surface area contributed by atoms with Crippen LogP contribution in [-0.4, -0.2) is 17.1 Å². The summed E-state index contributed by atoms with van der Waals surface area (Å²) in [5.74, 6) is 0.521. The molecule has 19 heavy (non-hydrogen) atoms. The highest BCUT2D eigenvalue weighted by atomic mass is 15.0. The number of anilines is 1. The van der Waals surface area contributed by atoms with Crippen molar-refractivity contribution >= 4 is 16.5 Å². The zero-order valence-corrected chi connectivity index (χ0v) is 12.0. The first-order chi connectivity index (χ1) is 9.00. The zero-order valence-electron chi connectivity index (χ0n) is 12.0. The van der Waals surface area contributed by atoms with Crippen molar-refractivity contribution in [2.75, 3.05) is 11.9 Å². The second-order valence-electron chi connectivity index (χ2n) is 5.99. The maximum Gasteiger partial charge on any atom is 0.0350 e. The molecule has 3 heteroatoms. The van der Waals surface area contributed by atoms with Crippen molar-refractivity contribution in [2.24, 2.45) is 11.7 Å². The van der Waals surface area contributed by atoms with Gasteiger partial charge in [0.05, 0.1) is 0 Å². The molecule has 0 radical (unpaired) electrons. The predicted molar refractivity (Wildman–Crippen MR) is 82.3 cm³/mol. The average molecular weight is 257 g/mol. The lowest BCUT2D eigenvalue weighted by Gasteiger charge is -2.30. The molecule has 0 fully saturated rings. The molecule has 0 aliphatic carbocycles. The normalized spacial score (nSPS) is 13.5. The highest BCUT2D eigenvalue weighted by molar-refractivity contribution is 5.84. The quantitative estimate of drug-likeness (QED) is 0.863. The summed E-state index contributed by atoms with van der Waals surface area (Å²) < 4.78 is 0. The number of benzene rings is 1. The Bertz CT molecular complexity index is 548. The van der Waals surface area contributed by atoms with Crippen LogP contribution in [0.5, 0.6) is 0 Å². The topological polar surface area (TPSA) is 50.9 Å². The van der Waals surface area contributed by atoms with Gasteiger partial charge in [-0.1, -0.05) is 13.0 Å². The maximum atomic E-state index is 5.71. The minimum atomic E-state index is 0.0412. The van der Waals surface area contributed by atoms with E-state index in [1.165, 1.54) is 10.8 Å². The van der Waals surface area contributed by atoms with Crippen molar-refractivity contribution < 1.29 is 0 Å². The van der Waals surface area contributed by atoms with E-state index in [9.17, 15) is 0 Å². The number of fused-ring (bicyclic) bond motifs is 1. The molecule has 0 saturated carbocycles. The zero-order chi connectivity index (χ0) is 13.9. The lowest BCUT2D eigenvalue weighted by atomic mass is 9.91. The summed E-state index contributed by atoms with van der Waals surface area (Å²) in [6.45, 7) is 7.36. The molecule has 3 nitrogen and oxygen atoms in total. The number of nitrogens with two attached hydrogens (primary N) is 1. The van der Waals surface area contributed by atoms with E-state index in [-0.39, 0.29) is 5.54 Å². The molecule has 2 rings (SSSR count).